The van der Waals surface area contributed by atoms with Gasteiger partial charge in [0, 0.05) is 0 Å². The number of aryl methyl sites for hydroxylation is 1. The van der Waals surface area contributed by atoms with Gasteiger partial charge in [-0.15, -0.1) is 11.6 Å². The Morgan fingerprint density at radius 3 is 2.88 bits per heavy atom. The maximum absolute atomic E-state index is 5.78. The highest BCUT2D eigenvalue weighted by Gasteiger charge is 2.11. The molecule has 0 atom stereocenters. The average molecular weight is 253 g/mol. The standard InChI is InChI=1S/C13H17ClN2O/c1-3-4-5-9-6-7-10-12(13(9)17-2)16-11(8-14)15-10/h6-7H,3-5,8H2,1-2H3,(H,15,16). The molecule has 92 valence electrons. The summed E-state index contributed by atoms with van der Waals surface area (Å²) in [7, 11) is 1.69. The maximum Gasteiger partial charge on any atom is 0.149 e. The number of hydrogen-bond acceptors (Lipinski definition) is 2. The van der Waals surface area contributed by atoms with E-state index in [1.165, 1.54) is 12.0 Å². The van der Waals surface area contributed by atoms with Crippen LogP contribution in [0.2, 0.25) is 0 Å². The van der Waals surface area contributed by atoms with E-state index in [2.05, 4.69) is 23.0 Å². The number of benzene rings is 1. The number of nitrogens with one attached hydrogen (secondary N) is 1. The van der Waals surface area contributed by atoms with Crippen LogP contribution in [-0.2, 0) is 12.3 Å². The Bertz CT molecular complexity index is 507. The van der Waals surface area contributed by atoms with Crippen molar-refractivity contribution in [3.8, 4) is 5.75 Å². The molecule has 3 nitrogen and oxygen atoms in total. The van der Waals surface area contributed by atoms with Gasteiger partial charge in [-0.25, -0.2) is 4.98 Å². The van der Waals surface area contributed by atoms with Crippen LogP contribution in [0.3, 0.4) is 0 Å². The highest BCUT2D eigenvalue weighted by Crippen LogP contribution is 2.29. The second-order valence-corrected chi connectivity index (χ2v) is 4.34. The van der Waals surface area contributed by atoms with Gasteiger partial charge in [0.1, 0.15) is 17.1 Å². The third kappa shape index (κ3) is 2.39. The van der Waals surface area contributed by atoms with E-state index in [-0.39, 0.29) is 0 Å². The zero-order valence-corrected chi connectivity index (χ0v) is 11.0. The number of aromatic amines is 1. The SMILES string of the molecule is CCCCc1ccc2[nH]c(CCl)nc2c1OC. The number of unbranched alkanes of at least 4 members (excludes halogenated alkanes) is 1. The Hall–Kier alpha value is -1.22. The molecule has 1 aromatic carbocycles. The molecule has 1 heterocycles. The molecule has 0 amide bonds. The minimum atomic E-state index is 0.391. The molecule has 0 aliphatic carbocycles. The first kappa shape index (κ1) is 12.2. The molecular formula is C13H17ClN2O. The normalized spacial score (nSPS) is 11.0. The quantitative estimate of drug-likeness (QED) is 0.825. The Kier molecular flexibility index (Phi) is 3.89. The Labute approximate surface area is 106 Å². The van der Waals surface area contributed by atoms with Crippen LogP contribution in [0.15, 0.2) is 12.1 Å². The van der Waals surface area contributed by atoms with Gasteiger partial charge in [-0.2, -0.15) is 0 Å². The van der Waals surface area contributed by atoms with Gasteiger partial charge in [-0.05, 0) is 24.5 Å². The van der Waals surface area contributed by atoms with E-state index in [1.54, 1.807) is 7.11 Å². The van der Waals surface area contributed by atoms with E-state index in [9.17, 15) is 0 Å². The summed E-state index contributed by atoms with van der Waals surface area (Å²) in [6.07, 6.45) is 3.36. The Balaban J connectivity index is 2.47. The van der Waals surface area contributed by atoms with Gasteiger partial charge in [-0.3, -0.25) is 0 Å². The fourth-order valence-electron chi connectivity index (χ4n) is 2.00. The van der Waals surface area contributed by atoms with E-state index in [0.29, 0.717) is 5.88 Å². The van der Waals surface area contributed by atoms with Crippen LogP contribution in [0.25, 0.3) is 11.0 Å². The second kappa shape index (κ2) is 5.41. The molecule has 2 rings (SSSR count). The smallest absolute Gasteiger partial charge is 0.149 e. The van der Waals surface area contributed by atoms with Crippen LogP contribution >= 0.6 is 11.6 Å². The maximum atomic E-state index is 5.78. The molecule has 0 unspecified atom stereocenters. The zero-order chi connectivity index (χ0) is 12.3. The van der Waals surface area contributed by atoms with E-state index < -0.39 is 0 Å². The van der Waals surface area contributed by atoms with E-state index >= 15 is 0 Å². The van der Waals surface area contributed by atoms with E-state index in [0.717, 1.165) is 35.4 Å². The lowest BCUT2D eigenvalue weighted by molar-refractivity contribution is 0.413. The van der Waals surface area contributed by atoms with Crippen molar-refractivity contribution in [1.82, 2.24) is 9.97 Å². The molecule has 0 fully saturated rings. The lowest BCUT2D eigenvalue weighted by Crippen LogP contribution is -1.93. The lowest BCUT2D eigenvalue weighted by atomic mass is 10.1. The number of halogens is 1. The monoisotopic (exact) mass is 252 g/mol. The summed E-state index contributed by atoms with van der Waals surface area (Å²) in [5.41, 5.74) is 3.09. The molecule has 1 N–H and O–H groups in total. The van der Waals surface area contributed by atoms with Gasteiger partial charge in [0.2, 0.25) is 0 Å². The first-order valence-corrected chi connectivity index (χ1v) is 6.44. The summed E-state index contributed by atoms with van der Waals surface area (Å²) in [4.78, 5) is 7.64. The third-order valence-electron chi connectivity index (χ3n) is 2.87. The van der Waals surface area contributed by atoms with Crippen LogP contribution in [0, 0.1) is 0 Å². The average Bonchev–Trinajstić information content (AvgIpc) is 2.78. The fourth-order valence-corrected chi connectivity index (χ4v) is 2.12. The van der Waals surface area contributed by atoms with Gasteiger partial charge in [-0.1, -0.05) is 19.4 Å². The number of alkyl halides is 1. The highest BCUT2D eigenvalue weighted by atomic mass is 35.5. The number of imidazole rings is 1. The third-order valence-corrected chi connectivity index (χ3v) is 3.12. The van der Waals surface area contributed by atoms with Crippen molar-refractivity contribution < 1.29 is 4.74 Å². The summed E-state index contributed by atoms with van der Waals surface area (Å²) in [6, 6.07) is 4.15. The molecule has 17 heavy (non-hydrogen) atoms. The van der Waals surface area contributed by atoms with Gasteiger partial charge in [0.15, 0.2) is 0 Å². The summed E-state index contributed by atoms with van der Waals surface area (Å²) in [6.45, 7) is 2.19. The fraction of sp³-hybridized carbons (Fsp3) is 0.462. The molecule has 0 saturated carbocycles. The van der Waals surface area contributed by atoms with Crippen molar-refractivity contribution in [3.63, 3.8) is 0 Å². The summed E-state index contributed by atoms with van der Waals surface area (Å²) < 4.78 is 5.49. The zero-order valence-electron chi connectivity index (χ0n) is 10.2. The minimum Gasteiger partial charge on any atom is -0.494 e. The van der Waals surface area contributed by atoms with Crippen LogP contribution in [0.4, 0.5) is 0 Å². The molecule has 0 radical (unpaired) electrons. The predicted octanol–water partition coefficient (Wildman–Crippen LogP) is 3.65. The Morgan fingerprint density at radius 2 is 2.24 bits per heavy atom. The summed E-state index contributed by atoms with van der Waals surface area (Å²) >= 11 is 5.78. The largest absolute Gasteiger partial charge is 0.494 e. The Morgan fingerprint density at radius 1 is 1.41 bits per heavy atom. The molecule has 2 aromatic rings. The number of fused-ring (bicyclic) bond motifs is 1. The van der Waals surface area contributed by atoms with Crippen LogP contribution in [0.5, 0.6) is 5.75 Å². The van der Waals surface area contributed by atoms with E-state index in [1.807, 2.05) is 6.07 Å². The van der Waals surface area contributed by atoms with Crippen molar-refractivity contribution in [2.75, 3.05) is 7.11 Å². The molecule has 0 saturated heterocycles. The van der Waals surface area contributed by atoms with Crippen LogP contribution in [-0.4, -0.2) is 17.1 Å². The molecule has 0 bridgehead atoms. The molecular weight excluding hydrogens is 236 g/mol. The van der Waals surface area contributed by atoms with E-state index in [4.69, 9.17) is 16.3 Å². The molecule has 0 spiro atoms. The molecule has 1 aromatic heterocycles. The number of nitrogens with zero attached hydrogens (tertiary/aromatic N) is 1. The van der Waals surface area contributed by atoms with Crippen LogP contribution in [0.1, 0.15) is 31.2 Å². The van der Waals surface area contributed by atoms with Crippen molar-refractivity contribution in [2.45, 2.75) is 32.1 Å². The number of hydrogen-bond donors (Lipinski definition) is 1. The highest BCUT2D eigenvalue weighted by molar-refractivity contribution is 6.16. The summed E-state index contributed by atoms with van der Waals surface area (Å²) in [5.74, 6) is 2.05. The van der Waals surface area contributed by atoms with Crippen LogP contribution < -0.4 is 4.74 Å². The van der Waals surface area contributed by atoms with Gasteiger partial charge >= 0.3 is 0 Å². The van der Waals surface area contributed by atoms with Gasteiger partial charge in [0.25, 0.3) is 0 Å². The molecule has 4 heteroatoms. The van der Waals surface area contributed by atoms with Crippen molar-refractivity contribution >= 4 is 22.6 Å². The first-order valence-electron chi connectivity index (χ1n) is 5.90. The van der Waals surface area contributed by atoms with Gasteiger partial charge in [0.05, 0.1) is 18.5 Å². The van der Waals surface area contributed by atoms with Crippen molar-refractivity contribution in [3.05, 3.63) is 23.5 Å². The minimum absolute atomic E-state index is 0.391. The van der Waals surface area contributed by atoms with Crippen molar-refractivity contribution in [2.24, 2.45) is 0 Å². The topological polar surface area (TPSA) is 37.9 Å². The van der Waals surface area contributed by atoms with Crippen molar-refractivity contribution in [1.29, 1.82) is 0 Å². The number of aromatic nitrogens is 2. The van der Waals surface area contributed by atoms with Gasteiger partial charge < -0.3 is 9.72 Å². The number of methoxy groups -OCH3 is 1. The molecule has 0 aliphatic rings. The number of rotatable bonds is 5. The predicted molar refractivity (Wildman–Crippen MR) is 70.8 cm³/mol. The number of ether oxygens (including phenoxy) is 1. The number of H-pyrrole nitrogens is 1. The molecule has 0 aliphatic heterocycles. The lowest BCUT2D eigenvalue weighted by Gasteiger charge is -2.08. The first-order chi connectivity index (χ1) is 8.30. The summed E-state index contributed by atoms with van der Waals surface area (Å²) in [5, 5.41) is 0. The second-order valence-electron chi connectivity index (χ2n) is 4.07.